The van der Waals surface area contributed by atoms with E-state index in [1.807, 2.05) is 0 Å². The highest BCUT2D eigenvalue weighted by atomic mass is 35.5. The van der Waals surface area contributed by atoms with Gasteiger partial charge in [0, 0.05) is 22.3 Å². The SMILES string of the molecule is O=C1c2ccccc2C(=O)c2c1ccc(C#CC1=CCCCC1)c2Cl. The molecule has 3 heteroatoms. The Morgan fingerprint density at radius 3 is 2.32 bits per heavy atom. The molecule has 0 saturated heterocycles. The van der Waals surface area contributed by atoms with Crippen molar-refractivity contribution in [1.29, 1.82) is 0 Å². The van der Waals surface area contributed by atoms with Crippen LogP contribution in [-0.4, -0.2) is 11.6 Å². The molecule has 2 aliphatic carbocycles. The van der Waals surface area contributed by atoms with Crippen LogP contribution in [-0.2, 0) is 0 Å². The highest BCUT2D eigenvalue weighted by molar-refractivity contribution is 6.39. The fourth-order valence-electron chi connectivity index (χ4n) is 3.34. The van der Waals surface area contributed by atoms with Crippen molar-refractivity contribution in [1.82, 2.24) is 0 Å². The Bertz CT molecular complexity index is 1000. The van der Waals surface area contributed by atoms with Gasteiger partial charge in [-0.3, -0.25) is 9.59 Å². The summed E-state index contributed by atoms with van der Waals surface area (Å²) in [6.45, 7) is 0. The van der Waals surface area contributed by atoms with Gasteiger partial charge in [-0.25, -0.2) is 0 Å². The summed E-state index contributed by atoms with van der Waals surface area (Å²) in [5, 5.41) is 0.272. The highest BCUT2D eigenvalue weighted by Crippen LogP contribution is 2.33. The quantitative estimate of drug-likeness (QED) is 0.539. The number of fused-ring (bicyclic) bond motifs is 2. The molecule has 0 fully saturated rings. The number of carbonyl (C=O) groups excluding carboxylic acids is 2. The Morgan fingerprint density at radius 2 is 1.60 bits per heavy atom. The van der Waals surface area contributed by atoms with Crippen LogP contribution in [0.15, 0.2) is 48.0 Å². The van der Waals surface area contributed by atoms with Crippen molar-refractivity contribution in [2.75, 3.05) is 0 Å². The second kappa shape index (κ2) is 6.35. The van der Waals surface area contributed by atoms with Gasteiger partial charge in [0.05, 0.1) is 10.6 Å². The summed E-state index contributed by atoms with van der Waals surface area (Å²) in [6.07, 6.45) is 6.57. The molecule has 2 aromatic rings. The van der Waals surface area contributed by atoms with E-state index in [0.29, 0.717) is 22.3 Å². The summed E-state index contributed by atoms with van der Waals surface area (Å²) in [5.74, 6) is 5.86. The molecule has 0 aromatic heterocycles. The van der Waals surface area contributed by atoms with Crippen LogP contribution in [0.4, 0.5) is 0 Å². The van der Waals surface area contributed by atoms with Crippen LogP contribution < -0.4 is 0 Å². The summed E-state index contributed by atoms with van der Waals surface area (Å²) in [4.78, 5) is 25.5. The molecule has 0 atom stereocenters. The molecule has 2 aromatic carbocycles. The normalized spacial score (nSPS) is 15.6. The predicted molar refractivity (Wildman–Crippen MR) is 98.2 cm³/mol. The monoisotopic (exact) mass is 346 g/mol. The molecule has 0 aliphatic heterocycles. The van der Waals surface area contributed by atoms with Crippen LogP contribution in [0.25, 0.3) is 0 Å². The van der Waals surface area contributed by atoms with Gasteiger partial charge in [0.15, 0.2) is 11.6 Å². The summed E-state index contributed by atoms with van der Waals surface area (Å²) >= 11 is 6.48. The zero-order valence-electron chi connectivity index (χ0n) is 13.6. The van der Waals surface area contributed by atoms with Gasteiger partial charge in [-0.2, -0.15) is 0 Å². The molecular formula is C22H15ClO2. The molecule has 122 valence electrons. The van der Waals surface area contributed by atoms with Crippen molar-refractivity contribution in [3.8, 4) is 11.8 Å². The molecular weight excluding hydrogens is 332 g/mol. The van der Waals surface area contributed by atoms with Crippen molar-refractivity contribution in [2.45, 2.75) is 25.7 Å². The maximum Gasteiger partial charge on any atom is 0.196 e. The Hall–Kier alpha value is -2.63. The first-order chi connectivity index (χ1) is 12.2. The first kappa shape index (κ1) is 15.9. The summed E-state index contributed by atoms with van der Waals surface area (Å²) in [7, 11) is 0. The lowest BCUT2D eigenvalue weighted by atomic mass is 9.83. The van der Waals surface area contributed by atoms with Gasteiger partial charge in [0.25, 0.3) is 0 Å². The fraction of sp³-hybridized carbons (Fsp3) is 0.182. The van der Waals surface area contributed by atoms with E-state index < -0.39 is 0 Å². The fourth-order valence-corrected chi connectivity index (χ4v) is 3.64. The van der Waals surface area contributed by atoms with Crippen molar-refractivity contribution in [3.05, 3.63) is 80.9 Å². The molecule has 0 heterocycles. The van der Waals surface area contributed by atoms with Gasteiger partial charge in [-0.15, -0.1) is 0 Å². The Balaban J connectivity index is 1.80. The lowest BCUT2D eigenvalue weighted by Gasteiger charge is -2.18. The maximum absolute atomic E-state index is 12.8. The van der Waals surface area contributed by atoms with E-state index in [1.54, 1.807) is 36.4 Å². The van der Waals surface area contributed by atoms with Gasteiger partial charge in [0.1, 0.15) is 0 Å². The third-order valence-corrected chi connectivity index (χ3v) is 5.07. The van der Waals surface area contributed by atoms with E-state index >= 15 is 0 Å². The molecule has 0 amide bonds. The van der Waals surface area contributed by atoms with Crippen molar-refractivity contribution in [3.63, 3.8) is 0 Å². The Kier molecular flexibility index (Phi) is 4.03. The highest BCUT2D eigenvalue weighted by Gasteiger charge is 2.31. The smallest absolute Gasteiger partial charge is 0.196 e. The largest absolute Gasteiger partial charge is 0.289 e. The van der Waals surface area contributed by atoms with Gasteiger partial charge >= 0.3 is 0 Å². The molecule has 2 aliphatic rings. The second-order valence-corrected chi connectivity index (χ2v) is 6.66. The third kappa shape index (κ3) is 2.71. The molecule has 4 rings (SSSR count). The van der Waals surface area contributed by atoms with Gasteiger partial charge in [0.2, 0.25) is 0 Å². The van der Waals surface area contributed by atoms with Gasteiger partial charge in [-0.1, -0.05) is 53.8 Å². The molecule has 0 bridgehead atoms. The zero-order chi connectivity index (χ0) is 17.4. The summed E-state index contributed by atoms with van der Waals surface area (Å²) in [5.41, 5.74) is 3.18. The van der Waals surface area contributed by atoms with Crippen molar-refractivity contribution in [2.24, 2.45) is 0 Å². The average molecular weight is 347 g/mol. The number of benzene rings is 2. The maximum atomic E-state index is 12.8. The van der Waals surface area contributed by atoms with Crippen LogP contribution in [0, 0.1) is 11.8 Å². The standard InChI is InChI=1S/C22H15ClO2/c23-20-15(11-10-14-6-2-1-3-7-14)12-13-18-19(20)22(25)17-9-5-4-8-16(17)21(18)24/h4-6,8-9,12-13H,1-3,7H2. The van der Waals surface area contributed by atoms with Crippen molar-refractivity contribution < 1.29 is 9.59 Å². The molecule has 0 unspecified atom stereocenters. The Morgan fingerprint density at radius 1 is 0.840 bits per heavy atom. The van der Waals surface area contributed by atoms with Crippen LogP contribution >= 0.6 is 11.6 Å². The lowest BCUT2D eigenvalue weighted by molar-refractivity contribution is 0.0979. The topological polar surface area (TPSA) is 34.1 Å². The minimum absolute atomic E-state index is 0.165. The zero-order valence-corrected chi connectivity index (χ0v) is 14.3. The van der Waals surface area contributed by atoms with E-state index in [9.17, 15) is 9.59 Å². The van der Waals surface area contributed by atoms with Crippen LogP contribution in [0.5, 0.6) is 0 Å². The number of carbonyl (C=O) groups is 2. The van der Waals surface area contributed by atoms with Crippen LogP contribution in [0.1, 0.15) is 63.1 Å². The first-order valence-electron chi connectivity index (χ1n) is 8.39. The average Bonchev–Trinajstić information content (AvgIpc) is 2.66. The third-order valence-electron chi connectivity index (χ3n) is 4.68. The number of rotatable bonds is 0. The summed E-state index contributed by atoms with van der Waals surface area (Å²) < 4.78 is 0. The lowest BCUT2D eigenvalue weighted by Crippen LogP contribution is -2.21. The van der Waals surface area contributed by atoms with Crippen molar-refractivity contribution >= 4 is 23.2 Å². The predicted octanol–water partition coefficient (Wildman–Crippen LogP) is 4.97. The van der Waals surface area contributed by atoms with E-state index in [2.05, 4.69) is 17.9 Å². The minimum atomic E-state index is -0.212. The minimum Gasteiger partial charge on any atom is -0.289 e. The number of allylic oxidation sites excluding steroid dienone is 2. The molecule has 2 nitrogen and oxygen atoms in total. The van der Waals surface area contributed by atoms with Gasteiger partial charge in [-0.05, 0) is 43.4 Å². The van der Waals surface area contributed by atoms with E-state index in [0.717, 1.165) is 24.8 Å². The first-order valence-corrected chi connectivity index (χ1v) is 8.76. The van der Waals surface area contributed by atoms with E-state index in [1.165, 1.54) is 6.42 Å². The van der Waals surface area contributed by atoms with E-state index in [-0.39, 0.29) is 22.2 Å². The number of hydrogen-bond acceptors (Lipinski definition) is 2. The molecule has 0 N–H and O–H groups in total. The molecule has 0 spiro atoms. The molecule has 25 heavy (non-hydrogen) atoms. The molecule has 0 saturated carbocycles. The van der Waals surface area contributed by atoms with Crippen LogP contribution in [0.2, 0.25) is 5.02 Å². The number of ketones is 2. The van der Waals surface area contributed by atoms with Gasteiger partial charge < -0.3 is 0 Å². The van der Waals surface area contributed by atoms with Crippen LogP contribution in [0.3, 0.4) is 0 Å². The number of hydrogen-bond donors (Lipinski definition) is 0. The second-order valence-electron chi connectivity index (χ2n) is 6.28. The number of halogens is 1. The Labute approximate surface area is 151 Å². The summed E-state index contributed by atoms with van der Waals surface area (Å²) in [6, 6.07) is 10.2. The molecule has 0 radical (unpaired) electrons. The van der Waals surface area contributed by atoms with E-state index in [4.69, 9.17) is 11.6 Å².